The van der Waals surface area contributed by atoms with E-state index in [1.807, 2.05) is 26.8 Å². The fourth-order valence-corrected chi connectivity index (χ4v) is 2.83. The van der Waals surface area contributed by atoms with Gasteiger partial charge in [-0.05, 0) is 51.7 Å². The number of nitrogens with zero attached hydrogens (tertiary/aromatic N) is 1. The quantitative estimate of drug-likeness (QED) is 0.840. The highest BCUT2D eigenvalue weighted by Gasteiger charge is 2.33. The summed E-state index contributed by atoms with van der Waals surface area (Å²) in [7, 11) is 0. The van der Waals surface area contributed by atoms with Gasteiger partial charge in [0.25, 0.3) is 0 Å². The van der Waals surface area contributed by atoms with E-state index in [1.165, 1.54) is 0 Å². The fraction of sp³-hybridized carbons (Fsp3) is 0.647. The van der Waals surface area contributed by atoms with E-state index < -0.39 is 11.7 Å². The Morgan fingerprint density at radius 3 is 2.83 bits per heavy atom. The highest BCUT2D eigenvalue weighted by atomic mass is 35.5. The van der Waals surface area contributed by atoms with Crippen LogP contribution in [0, 0.1) is 0 Å². The van der Waals surface area contributed by atoms with Crippen LogP contribution in [-0.2, 0) is 15.9 Å². The summed E-state index contributed by atoms with van der Waals surface area (Å²) in [5.41, 5.74) is 1.32. The van der Waals surface area contributed by atoms with Gasteiger partial charge in [0.05, 0.1) is 12.1 Å². The lowest BCUT2D eigenvalue weighted by atomic mass is 9.88. The van der Waals surface area contributed by atoms with Crippen LogP contribution in [0.25, 0.3) is 0 Å². The second kappa shape index (κ2) is 7.49. The maximum atomic E-state index is 12.2. The number of hydrogen-bond donors (Lipinski definition) is 1. The number of nitrogens with one attached hydrogen (secondary N) is 1. The number of hydrogen-bond acceptors (Lipinski definition) is 4. The zero-order chi connectivity index (χ0) is 17.0. The minimum absolute atomic E-state index is 0.0852. The molecule has 1 aliphatic carbocycles. The molecule has 2 atom stereocenters. The summed E-state index contributed by atoms with van der Waals surface area (Å²) in [6, 6.07) is 3.38. The first-order valence-electron chi connectivity index (χ1n) is 8.06. The zero-order valence-corrected chi connectivity index (χ0v) is 14.9. The Hall–Kier alpha value is -1.33. The normalized spacial score (nSPS) is 20.7. The van der Waals surface area contributed by atoms with Crippen molar-refractivity contribution in [3.05, 3.63) is 28.5 Å². The molecule has 0 bridgehead atoms. The van der Waals surface area contributed by atoms with E-state index in [1.54, 1.807) is 6.07 Å². The Morgan fingerprint density at radius 1 is 1.43 bits per heavy atom. The molecule has 1 N–H and O–H groups in total. The van der Waals surface area contributed by atoms with Gasteiger partial charge in [-0.3, -0.25) is 0 Å². The van der Waals surface area contributed by atoms with Crippen molar-refractivity contribution in [2.75, 3.05) is 6.61 Å². The highest BCUT2D eigenvalue weighted by molar-refractivity contribution is 6.29. The van der Waals surface area contributed by atoms with Crippen molar-refractivity contribution in [1.29, 1.82) is 0 Å². The first-order valence-corrected chi connectivity index (χ1v) is 8.44. The second-order valence-corrected chi connectivity index (χ2v) is 7.13. The highest BCUT2D eigenvalue weighted by Crippen LogP contribution is 2.32. The third-order valence-electron chi connectivity index (χ3n) is 3.56. The lowest BCUT2D eigenvalue weighted by Gasteiger charge is -2.34. The minimum atomic E-state index is -0.542. The van der Waals surface area contributed by atoms with Crippen LogP contribution in [0.3, 0.4) is 0 Å². The smallest absolute Gasteiger partial charge is 0.408 e. The Morgan fingerprint density at radius 2 is 2.17 bits per heavy atom. The summed E-state index contributed by atoms with van der Waals surface area (Å²) in [6.07, 6.45) is 1.98. The number of halogens is 1. The predicted molar refractivity (Wildman–Crippen MR) is 89.7 cm³/mol. The summed E-state index contributed by atoms with van der Waals surface area (Å²) >= 11 is 5.98. The number of carbonyl (C=O) groups is 1. The molecular formula is C17H25ClN2O3. The van der Waals surface area contributed by atoms with Crippen LogP contribution in [0.15, 0.2) is 12.1 Å². The molecule has 5 nitrogen and oxygen atoms in total. The number of alkyl carbamates (subject to hydrolysis) is 1. The number of rotatable bonds is 4. The van der Waals surface area contributed by atoms with Gasteiger partial charge in [-0.2, -0.15) is 0 Å². The molecule has 0 aromatic carbocycles. The molecule has 1 aromatic heterocycles. The van der Waals surface area contributed by atoms with Crippen LogP contribution in [0.1, 0.15) is 57.8 Å². The van der Waals surface area contributed by atoms with Crippen molar-refractivity contribution in [2.45, 2.75) is 64.7 Å². The number of aryl methyl sites for hydroxylation is 1. The predicted octanol–water partition coefficient (Wildman–Crippen LogP) is 4.04. The number of carbonyl (C=O) groups excluding carboxylic acids is 1. The molecule has 1 heterocycles. The zero-order valence-electron chi connectivity index (χ0n) is 14.2. The number of pyridine rings is 1. The van der Waals surface area contributed by atoms with E-state index in [2.05, 4.69) is 17.2 Å². The van der Waals surface area contributed by atoms with Gasteiger partial charge in [-0.15, -0.1) is 0 Å². The molecule has 6 heteroatoms. The average Bonchev–Trinajstić information content (AvgIpc) is 2.44. The van der Waals surface area contributed by atoms with Gasteiger partial charge in [0.2, 0.25) is 0 Å². The van der Waals surface area contributed by atoms with Crippen LogP contribution in [0.4, 0.5) is 4.79 Å². The maximum Gasteiger partial charge on any atom is 0.408 e. The minimum Gasteiger partial charge on any atom is -0.444 e. The summed E-state index contributed by atoms with van der Waals surface area (Å²) in [5, 5.41) is 3.41. The lowest BCUT2D eigenvalue weighted by molar-refractivity contribution is 0.00570. The summed E-state index contributed by atoms with van der Waals surface area (Å²) in [6.45, 7) is 8.25. The van der Waals surface area contributed by atoms with Gasteiger partial charge in [-0.1, -0.05) is 24.6 Å². The standard InChI is InChI=1S/C17H25ClN2O3/c1-5-10-22-13-8-7-12-11(6-9-14(18)19-12)15(13)20-16(21)23-17(2,3)4/h6,9,13,15H,5,7-8,10H2,1-4H3,(H,20,21). The van der Waals surface area contributed by atoms with E-state index in [9.17, 15) is 4.79 Å². The molecule has 0 saturated heterocycles. The second-order valence-electron chi connectivity index (χ2n) is 6.74. The van der Waals surface area contributed by atoms with E-state index in [0.717, 1.165) is 30.5 Å². The first-order chi connectivity index (χ1) is 10.8. The fourth-order valence-electron chi connectivity index (χ4n) is 2.67. The third-order valence-corrected chi connectivity index (χ3v) is 3.77. The largest absolute Gasteiger partial charge is 0.444 e. The maximum absolute atomic E-state index is 12.2. The van der Waals surface area contributed by atoms with Gasteiger partial charge in [-0.25, -0.2) is 9.78 Å². The number of amides is 1. The Balaban J connectivity index is 2.20. The topological polar surface area (TPSA) is 60.5 Å². The Kier molecular flexibility index (Phi) is 5.87. The Bertz CT molecular complexity index is 557. The SMILES string of the molecule is CCCOC1CCc2nc(Cl)ccc2C1NC(=O)OC(C)(C)C. The number of aromatic nitrogens is 1. The van der Waals surface area contributed by atoms with E-state index in [4.69, 9.17) is 21.1 Å². The van der Waals surface area contributed by atoms with Gasteiger partial charge in [0.1, 0.15) is 10.8 Å². The molecule has 1 amide bonds. The van der Waals surface area contributed by atoms with Crippen LogP contribution >= 0.6 is 11.6 Å². The third kappa shape index (κ3) is 5.08. The van der Waals surface area contributed by atoms with E-state index >= 15 is 0 Å². The average molecular weight is 341 g/mol. The first kappa shape index (κ1) is 18.0. The van der Waals surface area contributed by atoms with Crippen molar-refractivity contribution in [3.8, 4) is 0 Å². The van der Waals surface area contributed by atoms with Crippen molar-refractivity contribution in [3.63, 3.8) is 0 Å². The molecule has 1 aromatic rings. The summed E-state index contributed by atoms with van der Waals surface area (Å²) in [4.78, 5) is 16.6. The van der Waals surface area contributed by atoms with E-state index in [-0.39, 0.29) is 12.1 Å². The monoisotopic (exact) mass is 340 g/mol. The molecule has 0 saturated carbocycles. The van der Waals surface area contributed by atoms with Gasteiger partial charge in [0, 0.05) is 12.3 Å². The van der Waals surface area contributed by atoms with Crippen LogP contribution < -0.4 is 5.32 Å². The van der Waals surface area contributed by atoms with Crippen LogP contribution in [0.5, 0.6) is 0 Å². The van der Waals surface area contributed by atoms with Crippen molar-refractivity contribution in [1.82, 2.24) is 10.3 Å². The molecule has 23 heavy (non-hydrogen) atoms. The summed E-state index contributed by atoms with van der Waals surface area (Å²) < 4.78 is 11.3. The van der Waals surface area contributed by atoms with Gasteiger partial charge < -0.3 is 14.8 Å². The Labute approximate surface area is 142 Å². The number of fused-ring (bicyclic) bond motifs is 1. The molecule has 2 unspecified atom stereocenters. The summed E-state index contributed by atoms with van der Waals surface area (Å²) in [5.74, 6) is 0. The van der Waals surface area contributed by atoms with Crippen molar-refractivity contribution >= 4 is 17.7 Å². The molecule has 128 valence electrons. The van der Waals surface area contributed by atoms with Crippen molar-refractivity contribution < 1.29 is 14.3 Å². The van der Waals surface area contributed by atoms with Crippen LogP contribution in [-0.4, -0.2) is 29.4 Å². The van der Waals surface area contributed by atoms with E-state index in [0.29, 0.717) is 11.8 Å². The molecular weight excluding hydrogens is 316 g/mol. The van der Waals surface area contributed by atoms with Crippen LogP contribution in [0.2, 0.25) is 5.15 Å². The van der Waals surface area contributed by atoms with Crippen molar-refractivity contribution in [2.24, 2.45) is 0 Å². The molecule has 0 aliphatic heterocycles. The molecule has 2 rings (SSSR count). The molecule has 0 spiro atoms. The lowest BCUT2D eigenvalue weighted by Crippen LogP contribution is -2.43. The van der Waals surface area contributed by atoms with Gasteiger partial charge in [0.15, 0.2) is 0 Å². The molecule has 1 aliphatic rings. The molecule has 0 radical (unpaired) electrons. The van der Waals surface area contributed by atoms with Gasteiger partial charge >= 0.3 is 6.09 Å². The number of ether oxygens (including phenoxy) is 2. The molecule has 0 fully saturated rings.